The molecular formula is C11H18OS. The highest BCUT2D eigenvalue weighted by molar-refractivity contribution is 7.09. The Kier molecular flexibility index (Phi) is 3.94. The van der Waals surface area contributed by atoms with E-state index >= 15 is 0 Å². The molecule has 74 valence electrons. The molecule has 1 rings (SSSR count). The molecule has 0 radical (unpaired) electrons. The summed E-state index contributed by atoms with van der Waals surface area (Å²) in [6.07, 6.45) is 3.13. The Morgan fingerprint density at radius 3 is 2.46 bits per heavy atom. The Morgan fingerprint density at radius 2 is 2.08 bits per heavy atom. The van der Waals surface area contributed by atoms with Crippen molar-refractivity contribution in [2.24, 2.45) is 5.41 Å². The fourth-order valence-electron chi connectivity index (χ4n) is 1.56. The fraction of sp³-hybridized carbons (Fsp3) is 0.636. The van der Waals surface area contributed by atoms with E-state index in [-0.39, 0.29) is 5.41 Å². The Morgan fingerprint density at radius 1 is 1.38 bits per heavy atom. The highest BCUT2D eigenvalue weighted by Crippen LogP contribution is 2.31. The Balaban J connectivity index is 2.67. The first-order valence-electron chi connectivity index (χ1n) is 4.89. The summed E-state index contributed by atoms with van der Waals surface area (Å²) in [6, 6.07) is 4.23. The van der Waals surface area contributed by atoms with Gasteiger partial charge in [0.25, 0.3) is 0 Å². The predicted molar refractivity (Wildman–Crippen MR) is 58.1 cm³/mol. The van der Waals surface area contributed by atoms with Crippen molar-refractivity contribution < 1.29 is 5.11 Å². The van der Waals surface area contributed by atoms with Crippen LogP contribution in [0.5, 0.6) is 0 Å². The molecule has 0 aliphatic carbocycles. The normalized spacial score (nSPS) is 11.9. The molecule has 0 spiro atoms. The molecule has 0 unspecified atom stereocenters. The minimum atomic E-state index is 0.116. The Labute approximate surface area is 84.4 Å². The average molecular weight is 198 g/mol. The lowest BCUT2D eigenvalue weighted by Crippen LogP contribution is -2.26. The molecule has 0 saturated carbocycles. The van der Waals surface area contributed by atoms with E-state index in [1.807, 2.05) is 0 Å². The third-order valence-corrected chi connectivity index (χ3v) is 3.84. The number of hydrogen-bond donors (Lipinski definition) is 1. The van der Waals surface area contributed by atoms with Crippen LogP contribution in [0.3, 0.4) is 0 Å². The van der Waals surface area contributed by atoms with Crippen molar-refractivity contribution >= 4 is 11.3 Å². The Bertz CT molecular complexity index is 216. The summed E-state index contributed by atoms with van der Waals surface area (Å²) in [5, 5.41) is 11.5. The van der Waals surface area contributed by atoms with Crippen LogP contribution >= 0.6 is 11.3 Å². The fourth-order valence-corrected chi connectivity index (χ4v) is 2.44. The summed E-state index contributed by atoms with van der Waals surface area (Å²) in [4.78, 5) is 1.39. The van der Waals surface area contributed by atoms with Crippen LogP contribution in [0.25, 0.3) is 0 Å². The second kappa shape index (κ2) is 4.77. The zero-order valence-electron chi connectivity index (χ0n) is 8.42. The third-order valence-electron chi connectivity index (χ3n) is 2.96. The van der Waals surface area contributed by atoms with Gasteiger partial charge in [-0.15, -0.1) is 11.3 Å². The molecule has 1 aromatic heterocycles. The van der Waals surface area contributed by atoms with E-state index in [2.05, 4.69) is 31.4 Å². The molecule has 13 heavy (non-hydrogen) atoms. The molecule has 2 heteroatoms. The average Bonchev–Trinajstić information content (AvgIpc) is 2.67. The first kappa shape index (κ1) is 10.7. The van der Waals surface area contributed by atoms with Gasteiger partial charge in [-0.1, -0.05) is 19.9 Å². The molecule has 1 N–H and O–H groups in total. The van der Waals surface area contributed by atoms with Crippen LogP contribution in [-0.2, 0) is 6.42 Å². The number of hydrogen-bond acceptors (Lipinski definition) is 2. The van der Waals surface area contributed by atoms with Gasteiger partial charge >= 0.3 is 0 Å². The molecule has 1 nitrogen and oxygen atoms in total. The van der Waals surface area contributed by atoms with Crippen molar-refractivity contribution in [3.63, 3.8) is 0 Å². The van der Waals surface area contributed by atoms with Crippen LogP contribution in [0, 0.1) is 5.41 Å². The van der Waals surface area contributed by atoms with E-state index in [0.29, 0.717) is 6.61 Å². The van der Waals surface area contributed by atoms with Gasteiger partial charge in [0.05, 0.1) is 0 Å². The highest BCUT2D eigenvalue weighted by atomic mass is 32.1. The molecule has 0 aliphatic heterocycles. The van der Waals surface area contributed by atoms with Crippen molar-refractivity contribution in [3.8, 4) is 0 Å². The van der Waals surface area contributed by atoms with Gasteiger partial charge < -0.3 is 5.11 Å². The number of rotatable bonds is 5. The van der Waals surface area contributed by atoms with Crippen molar-refractivity contribution in [1.82, 2.24) is 0 Å². The lowest BCUT2D eigenvalue weighted by molar-refractivity contribution is 0.116. The van der Waals surface area contributed by atoms with Gasteiger partial charge in [0, 0.05) is 11.5 Å². The van der Waals surface area contributed by atoms with E-state index in [0.717, 1.165) is 19.3 Å². The molecular weight excluding hydrogens is 180 g/mol. The first-order chi connectivity index (χ1) is 6.26. The minimum Gasteiger partial charge on any atom is -0.396 e. The van der Waals surface area contributed by atoms with Crippen molar-refractivity contribution in [2.75, 3.05) is 6.61 Å². The summed E-state index contributed by atoms with van der Waals surface area (Å²) >= 11 is 1.78. The van der Waals surface area contributed by atoms with E-state index in [1.165, 1.54) is 4.88 Å². The molecule has 1 aromatic rings. The summed E-state index contributed by atoms with van der Waals surface area (Å²) in [6.45, 7) is 4.62. The topological polar surface area (TPSA) is 20.2 Å². The van der Waals surface area contributed by atoms with Gasteiger partial charge in [0.2, 0.25) is 0 Å². The predicted octanol–water partition coefficient (Wildman–Crippen LogP) is 3.09. The van der Waals surface area contributed by atoms with Crippen LogP contribution in [0.15, 0.2) is 17.5 Å². The maximum atomic E-state index is 9.38. The van der Waals surface area contributed by atoms with Crippen molar-refractivity contribution in [1.29, 1.82) is 0 Å². The van der Waals surface area contributed by atoms with Crippen molar-refractivity contribution in [3.05, 3.63) is 22.4 Å². The number of thiophene rings is 1. The largest absolute Gasteiger partial charge is 0.396 e. The van der Waals surface area contributed by atoms with E-state index in [9.17, 15) is 5.11 Å². The standard InChI is InChI=1S/C11H18OS/c1-3-11(4-2,9-12)8-10-6-5-7-13-10/h5-7,12H,3-4,8-9H2,1-2H3. The monoisotopic (exact) mass is 198 g/mol. The van der Waals surface area contributed by atoms with Gasteiger partial charge in [-0.2, -0.15) is 0 Å². The van der Waals surface area contributed by atoms with Gasteiger partial charge in [0.15, 0.2) is 0 Å². The van der Waals surface area contributed by atoms with Gasteiger partial charge in [-0.25, -0.2) is 0 Å². The Hall–Kier alpha value is -0.340. The molecule has 0 saturated heterocycles. The van der Waals surface area contributed by atoms with E-state index in [1.54, 1.807) is 11.3 Å². The molecule has 0 bridgehead atoms. The molecule has 0 aliphatic rings. The van der Waals surface area contributed by atoms with Crippen LogP contribution in [0.2, 0.25) is 0 Å². The maximum Gasteiger partial charge on any atom is 0.0490 e. The van der Waals surface area contributed by atoms with Crippen LogP contribution in [0.1, 0.15) is 31.6 Å². The molecule has 0 aromatic carbocycles. The SMILES string of the molecule is CCC(CC)(CO)Cc1cccs1. The highest BCUT2D eigenvalue weighted by Gasteiger charge is 2.25. The van der Waals surface area contributed by atoms with Gasteiger partial charge in [-0.3, -0.25) is 0 Å². The molecule has 0 fully saturated rings. The van der Waals surface area contributed by atoms with Crippen LogP contribution < -0.4 is 0 Å². The quantitative estimate of drug-likeness (QED) is 0.771. The third kappa shape index (κ3) is 2.55. The zero-order chi connectivity index (χ0) is 9.73. The molecule has 0 amide bonds. The molecule has 0 atom stereocenters. The molecule has 1 heterocycles. The van der Waals surface area contributed by atoms with Gasteiger partial charge in [-0.05, 0) is 36.1 Å². The number of aliphatic hydroxyl groups excluding tert-OH is 1. The minimum absolute atomic E-state index is 0.116. The number of aliphatic hydroxyl groups is 1. The van der Waals surface area contributed by atoms with E-state index < -0.39 is 0 Å². The summed E-state index contributed by atoms with van der Waals surface area (Å²) in [5.74, 6) is 0. The van der Waals surface area contributed by atoms with Crippen LogP contribution in [-0.4, -0.2) is 11.7 Å². The van der Waals surface area contributed by atoms with Crippen LogP contribution in [0.4, 0.5) is 0 Å². The second-order valence-corrected chi connectivity index (χ2v) is 4.65. The van der Waals surface area contributed by atoms with E-state index in [4.69, 9.17) is 0 Å². The zero-order valence-corrected chi connectivity index (χ0v) is 9.23. The smallest absolute Gasteiger partial charge is 0.0490 e. The summed E-state index contributed by atoms with van der Waals surface area (Å²) in [7, 11) is 0. The van der Waals surface area contributed by atoms with Gasteiger partial charge in [0.1, 0.15) is 0 Å². The summed E-state index contributed by atoms with van der Waals surface area (Å²) in [5.41, 5.74) is 0.116. The lowest BCUT2D eigenvalue weighted by atomic mass is 9.80. The summed E-state index contributed by atoms with van der Waals surface area (Å²) < 4.78 is 0. The first-order valence-corrected chi connectivity index (χ1v) is 5.77. The maximum absolute atomic E-state index is 9.38. The second-order valence-electron chi connectivity index (χ2n) is 3.62. The van der Waals surface area contributed by atoms with Crippen molar-refractivity contribution in [2.45, 2.75) is 33.1 Å². The lowest BCUT2D eigenvalue weighted by Gasteiger charge is -2.28.